The molecular weight excluding hydrogens is 300 g/mol. The van der Waals surface area contributed by atoms with Crippen molar-refractivity contribution in [3.05, 3.63) is 27.5 Å². The van der Waals surface area contributed by atoms with Gasteiger partial charge in [0.2, 0.25) is 15.9 Å². The minimum Gasteiger partial charge on any atom is -0.339 e. The third-order valence-corrected chi connectivity index (χ3v) is 5.59. The van der Waals surface area contributed by atoms with Gasteiger partial charge in [0.1, 0.15) is 4.90 Å². The fraction of sp³-hybridized carbons (Fsp3) is 0.455. The molecule has 3 N–H and O–H groups in total. The van der Waals surface area contributed by atoms with E-state index >= 15 is 0 Å². The number of nitrogens with one attached hydrogen (secondary N) is 1. The summed E-state index contributed by atoms with van der Waals surface area (Å²) in [6.07, 6.45) is 0.348. The summed E-state index contributed by atoms with van der Waals surface area (Å²) < 4.78 is 32.0. The van der Waals surface area contributed by atoms with Gasteiger partial charge in [-0.25, -0.2) is 13.1 Å². The fourth-order valence-corrected chi connectivity index (χ4v) is 4.53. The Morgan fingerprint density at radius 1 is 1.45 bits per heavy atom. The van der Waals surface area contributed by atoms with Crippen LogP contribution < -0.4 is 10.5 Å². The van der Waals surface area contributed by atoms with Crippen LogP contribution in [0.2, 0.25) is 0 Å². The summed E-state index contributed by atoms with van der Waals surface area (Å²) in [6, 6.07) is 0. The fourth-order valence-electron chi connectivity index (χ4n) is 1.80. The van der Waals surface area contributed by atoms with E-state index in [0.717, 1.165) is 0 Å². The lowest BCUT2D eigenvalue weighted by Gasteiger charge is -2.07. The van der Waals surface area contributed by atoms with Crippen LogP contribution in [0.15, 0.2) is 14.8 Å². The maximum Gasteiger partial charge on any atom is 0.241 e. The van der Waals surface area contributed by atoms with E-state index in [1.54, 1.807) is 19.2 Å². The Morgan fingerprint density at radius 2 is 2.20 bits per heavy atom. The molecule has 2 aromatic heterocycles. The number of nitrogens with zero attached hydrogens (tertiary/aromatic N) is 2. The van der Waals surface area contributed by atoms with Crippen molar-refractivity contribution in [3.8, 4) is 0 Å². The quantitative estimate of drug-likeness (QED) is 0.812. The lowest BCUT2D eigenvalue weighted by molar-refractivity contribution is 0.375. The zero-order chi connectivity index (χ0) is 14.8. The van der Waals surface area contributed by atoms with Crippen molar-refractivity contribution in [1.29, 1.82) is 0 Å². The average Bonchev–Trinajstić information content (AvgIpc) is 2.95. The van der Waals surface area contributed by atoms with Gasteiger partial charge in [0, 0.05) is 24.4 Å². The van der Waals surface area contributed by atoms with E-state index in [9.17, 15) is 8.42 Å². The minimum absolute atomic E-state index is 0.198. The number of rotatable bonds is 6. The molecule has 0 spiro atoms. The van der Waals surface area contributed by atoms with Crippen LogP contribution in [-0.2, 0) is 23.0 Å². The zero-order valence-electron chi connectivity index (χ0n) is 11.2. The number of nitrogens with two attached hydrogens (primary N) is 1. The number of thiophene rings is 1. The van der Waals surface area contributed by atoms with Gasteiger partial charge in [-0.15, -0.1) is 11.3 Å². The Labute approximate surface area is 121 Å². The lowest BCUT2D eigenvalue weighted by atomic mass is 10.3. The summed E-state index contributed by atoms with van der Waals surface area (Å²) in [6.45, 7) is 3.87. The topological polar surface area (TPSA) is 111 Å². The number of sulfonamides is 1. The second-order valence-corrected chi connectivity index (χ2v) is 6.93. The molecule has 9 heteroatoms. The summed E-state index contributed by atoms with van der Waals surface area (Å²) in [5.41, 5.74) is 6.27. The standard InChI is InChI=1S/C11H16N4O3S2/c1-7-6-19-9(5-12)11(7)20(16,17)13-4-3-10-14-8(2)15-18-10/h6,13H,3-5,12H2,1-2H3. The highest BCUT2D eigenvalue weighted by Gasteiger charge is 2.22. The summed E-state index contributed by atoms with van der Waals surface area (Å²) >= 11 is 1.35. The first-order chi connectivity index (χ1) is 9.44. The molecule has 20 heavy (non-hydrogen) atoms. The molecule has 0 unspecified atom stereocenters. The number of aromatic nitrogens is 2. The van der Waals surface area contributed by atoms with Crippen molar-refractivity contribution in [2.24, 2.45) is 5.73 Å². The molecule has 0 fully saturated rings. The van der Waals surface area contributed by atoms with Crippen molar-refractivity contribution in [2.45, 2.75) is 31.7 Å². The van der Waals surface area contributed by atoms with Gasteiger partial charge in [0.15, 0.2) is 5.82 Å². The molecule has 7 nitrogen and oxygen atoms in total. The molecular formula is C11H16N4O3S2. The van der Waals surface area contributed by atoms with Gasteiger partial charge in [0.25, 0.3) is 0 Å². The van der Waals surface area contributed by atoms with Gasteiger partial charge in [-0.3, -0.25) is 0 Å². The second kappa shape index (κ2) is 6.00. The van der Waals surface area contributed by atoms with Gasteiger partial charge in [-0.05, 0) is 24.8 Å². The Hall–Kier alpha value is -1.29. The predicted octanol–water partition coefficient (Wildman–Crippen LogP) is 0.728. The molecule has 0 amide bonds. The molecule has 2 heterocycles. The molecule has 0 radical (unpaired) electrons. The molecule has 0 atom stereocenters. The predicted molar refractivity (Wildman–Crippen MR) is 74.9 cm³/mol. The van der Waals surface area contributed by atoms with Crippen molar-refractivity contribution in [2.75, 3.05) is 6.54 Å². The first kappa shape index (κ1) is 15.1. The van der Waals surface area contributed by atoms with Gasteiger partial charge in [-0.1, -0.05) is 5.16 Å². The number of hydrogen-bond donors (Lipinski definition) is 2. The van der Waals surface area contributed by atoms with E-state index < -0.39 is 10.0 Å². The van der Waals surface area contributed by atoms with Crippen LogP contribution in [0.25, 0.3) is 0 Å². The average molecular weight is 316 g/mol. The molecule has 0 bridgehead atoms. The molecule has 110 valence electrons. The Morgan fingerprint density at radius 3 is 2.80 bits per heavy atom. The van der Waals surface area contributed by atoms with Gasteiger partial charge < -0.3 is 10.3 Å². The SMILES string of the molecule is Cc1noc(CCNS(=O)(=O)c2c(C)csc2CN)n1. The highest BCUT2D eigenvalue weighted by molar-refractivity contribution is 7.89. The summed E-state index contributed by atoms with van der Waals surface area (Å²) in [5, 5.41) is 5.43. The highest BCUT2D eigenvalue weighted by Crippen LogP contribution is 2.26. The zero-order valence-corrected chi connectivity index (χ0v) is 12.8. The van der Waals surface area contributed by atoms with Crippen molar-refractivity contribution >= 4 is 21.4 Å². The third kappa shape index (κ3) is 3.23. The maximum absolute atomic E-state index is 12.3. The second-order valence-electron chi connectivity index (χ2n) is 4.26. The van der Waals surface area contributed by atoms with E-state index in [-0.39, 0.29) is 18.0 Å². The van der Waals surface area contributed by atoms with Crippen LogP contribution in [0.3, 0.4) is 0 Å². The minimum atomic E-state index is -3.56. The highest BCUT2D eigenvalue weighted by atomic mass is 32.2. The number of aryl methyl sites for hydroxylation is 2. The van der Waals surface area contributed by atoms with Gasteiger partial charge >= 0.3 is 0 Å². The lowest BCUT2D eigenvalue weighted by Crippen LogP contribution is -2.27. The smallest absolute Gasteiger partial charge is 0.241 e. The molecule has 2 rings (SSSR count). The molecule has 0 aliphatic rings. The Bertz CT molecular complexity index is 690. The van der Waals surface area contributed by atoms with Crippen LogP contribution in [0, 0.1) is 13.8 Å². The summed E-state index contributed by atoms with van der Waals surface area (Å²) in [5.74, 6) is 0.938. The van der Waals surface area contributed by atoms with Crippen LogP contribution in [0.5, 0.6) is 0 Å². The number of hydrogen-bond acceptors (Lipinski definition) is 7. The van der Waals surface area contributed by atoms with Crippen molar-refractivity contribution in [1.82, 2.24) is 14.9 Å². The van der Waals surface area contributed by atoms with E-state index in [2.05, 4.69) is 14.9 Å². The largest absolute Gasteiger partial charge is 0.339 e. The molecule has 0 aliphatic carbocycles. The monoisotopic (exact) mass is 316 g/mol. The van der Waals surface area contributed by atoms with Crippen molar-refractivity contribution < 1.29 is 12.9 Å². The molecule has 0 saturated carbocycles. The maximum atomic E-state index is 12.3. The van der Waals surface area contributed by atoms with E-state index in [4.69, 9.17) is 10.3 Å². The van der Waals surface area contributed by atoms with Crippen LogP contribution >= 0.6 is 11.3 Å². The van der Waals surface area contributed by atoms with E-state index in [1.807, 2.05) is 0 Å². The van der Waals surface area contributed by atoms with Crippen LogP contribution in [-0.4, -0.2) is 25.1 Å². The van der Waals surface area contributed by atoms with Gasteiger partial charge in [-0.2, -0.15) is 4.98 Å². The molecule has 0 aliphatic heterocycles. The van der Waals surface area contributed by atoms with Crippen LogP contribution in [0.4, 0.5) is 0 Å². The third-order valence-electron chi connectivity index (χ3n) is 2.64. The Kier molecular flexibility index (Phi) is 4.53. The summed E-state index contributed by atoms with van der Waals surface area (Å²) in [4.78, 5) is 4.95. The molecule has 2 aromatic rings. The van der Waals surface area contributed by atoms with Gasteiger partial charge in [0.05, 0.1) is 0 Å². The Balaban J connectivity index is 2.06. The molecule has 0 saturated heterocycles. The summed E-state index contributed by atoms with van der Waals surface area (Å²) in [7, 11) is -3.56. The molecule has 0 aromatic carbocycles. The van der Waals surface area contributed by atoms with Crippen LogP contribution in [0.1, 0.15) is 22.2 Å². The first-order valence-electron chi connectivity index (χ1n) is 6.00. The normalized spacial score (nSPS) is 11.9. The van der Waals surface area contributed by atoms with E-state index in [0.29, 0.717) is 28.6 Å². The van der Waals surface area contributed by atoms with Crippen molar-refractivity contribution in [3.63, 3.8) is 0 Å². The van der Waals surface area contributed by atoms with E-state index in [1.165, 1.54) is 11.3 Å². The first-order valence-corrected chi connectivity index (χ1v) is 8.36.